The summed E-state index contributed by atoms with van der Waals surface area (Å²) in [6.07, 6.45) is 75.6. The Morgan fingerprint density at radius 2 is 0.540 bits per heavy atom. The minimum absolute atomic E-state index is 0.0838. The molecule has 17 nitrogen and oxygen atoms in total. The molecule has 0 rings (SSSR count). The van der Waals surface area contributed by atoms with E-state index >= 15 is 0 Å². The highest BCUT2D eigenvalue weighted by atomic mass is 31.2. The van der Waals surface area contributed by atoms with Gasteiger partial charge in [-0.3, -0.25) is 37.3 Å². The van der Waals surface area contributed by atoms with Crippen LogP contribution in [-0.2, 0) is 65.4 Å². The molecule has 0 fully saturated rings. The maximum absolute atomic E-state index is 13.1. The fraction of sp³-hybridized carbons (Fsp3) is 0.778. The van der Waals surface area contributed by atoms with Crippen LogP contribution in [0.5, 0.6) is 0 Å². The SMILES string of the molecule is CC/C=C\C/C=C\C/C=C\C/C=C\CCCCCCCCC(=O)OCC(COP(=O)(O)OCC(O)COP(=O)(O)OCC(COC(=O)CCCCCCC/C=C\C/C=C\CCC)OC(=O)CCCCCCC/C=C\CCCCCC)OC(=O)CCCCCCCCCCCCCCCCC. The first-order valence-corrected chi connectivity index (χ1v) is 42.8. The number of rotatable bonds is 75. The van der Waals surface area contributed by atoms with E-state index in [-0.39, 0.29) is 25.7 Å². The molecule has 5 unspecified atom stereocenters. The Morgan fingerprint density at radius 3 is 0.860 bits per heavy atom. The average Bonchev–Trinajstić information content (AvgIpc) is 0.946. The molecule has 0 bridgehead atoms. The molecule has 0 radical (unpaired) electrons. The van der Waals surface area contributed by atoms with Gasteiger partial charge in [-0.25, -0.2) is 9.13 Å². The van der Waals surface area contributed by atoms with Gasteiger partial charge in [-0.2, -0.15) is 0 Å². The number of unbranched alkanes of at least 4 members (excludes halogenated alkanes) is 35. The number of phosphoric ester groups is 2. The summed E-state index contributed by atoms with van der Waals surface area (Å²) in [6.45, 7) is 4.69. The van der Waals surface area contributed by atoms with Crippen molar-refractivity contribution < 1.29 is 80.2 Å². The Balaban J connectivity index is 5.33. The fourth-order valence-corrected chi connectivity index (χ4v) is 12.4. The predicted octanol–water partition coefficient (Wildman–Crippen LogP) is 23.0. The van der Waals surface area contributed by atoms with Crippen molar-refractivity contribution in [3.8, 4) is 0 Å². The van der Waals surface area contributed by atoms with E-state index in [9.17, 15) is 43.2 Å². The smallest absolute Gasteiger partial charge is 0.462 e. The van der Waals surface area contributed by atoms with Crippen molar-refractivity contribution in [1.82, 2.24) is 0 Å². The number of ether oxygens (including phenoxy) is 4. The van der Waals surface area contributed by atoms with Crippen LogP contribution in [0.2, 0.25) is 0 Å². The lowest BCUT2D eigenvalue weighted by atomic mass is 10.0. The van der Waals surface area contributed by atoms with Crippen molar-refractivity contribution in [3.05, 3.63) is 85.1 Å². The molecular weight excluding hydrogens is 1310 g/mol. The summed E-state index contributed by atoms with van der Waals surface area (Å²) in [6, 6.07) is 0. The van der Waals surface area contributed by atoms with Crippen molar-refractivity contribution in [2.24, 2.45) is 0 Å². The number of carbonyl (C=O) groups excluding carboxylic acids is 4. The summed E-state index contributed by atoms with van der Waals surface area (Å²) < 4.78 is 68.6. The van der Waals surface area contributed by atoms with E-state index in [1.54, 1.807) is 0 Å². The third kappa shape index (κ3) is 72.6. The zero-order valence-corrected chi connectivity index (χ0v) is 65.2. The summed E-state index contributed by atoms with van der Waals surface area (Å²) in [5.74, 6) is -2.19. The molecule has 0 aliphatic carbocycles. The molecule has 5 atom stereocenters. The second-order valence-electron chi connectivity index (χ2n) is 26.6. The van der Waals surface area contributed by atoms with E-state index < -0.39 is 97.5 Å². The lowest BCUT2D eigenvalue weighted by Crippen LogP contribution is -2.30. The Hall–Kier alpha value is -3.76. The highest BCUT2D eigenvalue weighted by molar-refractivity contribution is 7.47. The highest BCUT2D eigenvalue weighted by Crippen LogP contribution is 2.45. The van der Waals surface area contributed by atoms with Crippen LogP contribution in [-0.4, -0.2) is 96.7 Å². The van der Waals surface area contributed by atoms with Crippen LogP contribution in [0.15, 0.2) is 85.1 Å². The average molecular weight is 1450 g/mol. The van der Waals surface area contributed by atoms with E-state index in [1.807, 2.05) is 0 Å². The molecule has 0 aliphatic heterocycles. The normalized spacial score (nSPS) is 14.3. The van der Waals surface area contributed by atoms with Gasteiger partial charge in [-0.15, -0.1) is 0 Å². The van der Waals surface area contributed by atoms with Crippen LogP contribution in [0, 0.1) is 0 Å². The minimum atomic E-state index is -4.98. The van der Waals surface area contributed by atoms with Gasteiger partial charge in [0.25, 0.3) is 0 Å². The molecule has 0 saturated heterocycles. The zero-order chi connectivity index (χ0) is 73.2. The fourth-order valence-electron chi connectivity index (χ4n) is 10.8. The highest BCUT2D eigenvalue weighted by Gasteiger charge is 2.30. The molecule has 0 aromatic heterocycles. The number of hydrogen-bond donors (Lipinski definition) is 3. The summed E-state index contributed by atoms with van der Waals surface area (Å²) in [4.78, 5) is 72.9. The van der Waals surface area contributed by atoms with Gasteiger partial charge in [-0.05, 0) is 116 Å². The first kappa shape index (κ1) is 96.2. The maximum atomic E-state index is 13.1. The van der Waals surface area contributed by atoms with Crippen molar-refractivity contribution in [2.45, 2.75) is 367 Å². The molecule has 100 heavy (non-hydrogen) atoms. The van der Waals surface area contributed by atoms with Crippen LogP contribution in [0.1, 0.15) is 349 Å². The number of allylic oxidation sites excluding steroid dienone is 14. The van der Waals surface area contributed by atoms with Gasteiger partial charge < -0.3 is 33.8 Å². The predicted molar refractivity (Wildman–Crippen MR) is 409 cm³/mol. The summed E-state index contributed by atoms with van der Waals surface area (Å²) in [7, 11) is -9.95. The number of aliphatic hydroxyl groups is 1. The van der Waals surface area contributed by atoms with Gasteiger partial charge in [0.05, 0.1) is 26.4 Å². The minimum Gasteiger partial charge on any atom is -0.462 e. The molecule has 0 aromatic rings. The lowest BCUT2D eigenvalue weighted by molar-refractivity contribution is -0.161. The Kier molecular flexibility index (Phi) is 70.8. The first-order valence-electron chi connectivity index (χ1n) is 39.8. The third-order valence-corrected chi connectivity index (χ3v) is 18.7. The van der Waals surface area contributed by atoms with Gasteiger partial charge >= 0.3 is 39.5 Å². The summed E-state index contributed by atoms with van der Waals surface area (Å²) in [5.41, 5.74) is 0. The molecular formula is C81H144O17P2. The molecule has 0 spiro atoms. The number of hydrogen-bond acceptors (Lipinski definition) is 15. The van der Waals surface area contributed by atoms with Crippen LogP contribution in [0.25, 0.3) is 0 Å². The first-order chi connectivity index (χ1) is 48.7. The molecule has 0 saturated carbocycles. The second-order valence-corrected chi connectivity index (χ2v) is 29.5. The van der Waals surface area contributed by atoms with E-state index in [4.69, 9.17) is 37.0 Å². The van der Waals surface area contributed by atoms with E-state index in [1.165, 1.54) is 89.9 Å². The molecule has 0 aromatic carbocycles. The van der Waals surface area contributed by atoms with Gasteiger partial charge in [0.2, 0.25) is 0 Å². The van der Waals surface area contributed by atoms with Crippen molar-refractivity contribution in [2.75, 3.05) is 39.6 Å². The van der Waals surface area contributed by atoms with Crippen LogP contribution >= 0.6 is 15.6 Å². The molecule has 580 valence electrons. The van der Waals surface area contributed by atoms with E-state index in [0.717, 1.165) is 180 Å². The van der Waals surface area contributed by atoms with Gasteiger partial charge in [0.1, 0.15) is 19.3 Å². The van der Waals surface area contributed by atoms with Crippen LogP contribution in [0.3, 0.4) is 0 Å². The molecule has 0 amide bonds. The third-order valence-electron chi connectivity index (χ3n) is 16.8. The van der Waals surface area contributed by atoms with E-state index in [2.05, 4.69) is 113 Å². The van der Waals surface area contributed by atoms with Crippen molar-refractivity contribution >= 4 is 39.5 Å². The quantitative estimate of drug-likeness (QED) is 0.0169. The number of aliphatic hydroxyl groups excluding tert-OH is 1. The molecule has 0 heterocycles. The van der Waals surface area contributed by atoms with E-state index in [0.29, 0.717) is 25.7 Å². The summed E-state index contributed by atoms with van der Waals surface area (Å²) in [5, 5.41) is 10.6. The van der Waals surface area contributed by atoms with Crippen molar-refractivity contribution in [3.63, 3.8) is 0 Å². The standard InChI is InChI=1S/C81H144O17P2/c1-5-9-13-17-21-25-29-33-35-36-37-38-40-43-46-50-54-58-62-66-79(84)92-72-77(98-81(86)68-64-60-56-52-48-44-39-34-30-26-22-18-14-10-6-2)74-96-100(89,90)94-70-75(82)69-93-99(87,88)95-73-76(97-80(85)67-63-59-55-51-47-42-32-28-24-20-16-12-8-4)71-91-78(83)65-61-57-53-49-45-41-31-27-23-19-15-11-7-3/h9,13,15,19,21,25,27-28,31-33,35,37-38,75-77,82H,5-8,10-12,14,16-18,20,22-24,26,29-30,34,36,39-74H2,1-4H3,(H,87,88)(H,89,90)/b13-9-,19-15-,25-21-,31-27-,32-28-,35-33-,38-37-. The van der Waals surface area contributed by atoms with Gasteiger partial charge in [0, 0.05) is 25.7 Å². The number of esters is 4. The summed E-state index contributed by atoms with van der Waals surface area (Å²) >= 11 is 0. The van der Waals surface area contributed by atoms with Crippen LogP contribution in [0.4, 0.5) is 0 Å². The Bertz CT molecular complexity index is 2230. The van der Waals surface area contributed by atoms with Crippen molar-refractivity contribution in [1.29, 1.82) is 0 Å². The molecule has 19 heteroatoms. The van der Waals surface area contributed by atoms with Crippen LogP contribution < -0.4 is 0 Å². The zero-order valence-electron chi connectivity index (χ0n) is 63.4. The lowest BCUT2D eigenvalue weighted by Gasteiger charge is -2.21. The Morgan fingerprint density at radius 1 is 0.290 bits per heavy atom. The monoisotopic (exact) mass is 1450 g/mol. The van der Waals surface area contributed by atoms with Gasteiger partial charge in [-0.1, -0.05) is 293 Å². The molecule has 0 aliphatic rings. The maximum Gasteiger partial charge on any atom is 0.472 e. The largest absolute Gasteiger partial charge is 0.472 e. The topological polar surface area (TPSA) is 237 Å². The Labute approximate surface area is 608 Å². The van der Waals surface area contributed by atoms with Gasteiger partial charge in [0.15, 0.2) is 12.2 Å². The molecule has 3 N–H and O–H groups in total. The number of phosphoric acid groups is 2. The number of carbonyl (C=O) groups is 4. The second kappa shape index (κ2) is 73.5.